The summed E-state index contributed by atoms with van der Waals surface area (Å²) in [5.41, 5.74) is 1.75. The van der Waals surface area contributed by atoms with Gasteiger partial charge in [0.05, 0.1) is 5.56 Å². The standard InChI is InChI=1S/C20H20FNO5/c1-12-5-4-6-13(2)20(12)27-11-19(25)26-10-18(24)16-8-7-15(9-17(16)21)22-14(3)23/h4-9H,10-11H2,1-3H3,(H,22,23). The van der Waals surface area contributed by atoms with Crippen LogP contribution in [0.1, 0.15) is 28.4 Å². The number of carbonyl (C=O) groups excluding carboxylic acids is 3. The average molecular weight is 373 g/mol. The number of rotatable bonds is 7. The van der Waals surface area contributed by atoms with Gasteiger partial charge in [-0.05, 0) is 43.2 Å². The van der Waals surface area contributed by atoms with Crippen LogP contribution >= 0.6 is 0 Å². The van der Waals surface area contributed by atoms with Crippen molar-refractivity contribution < 1.29 is 28.2 Å². The summed E-state index contributed by atoms with van der Waals surface area (Å²) in [5.74, 6) is -2.01. The van der Waals surface area contributed by atoms with Crippen LogP contribution in [0.15, 0.2) is 36.4 Å². The summed E-state index contributed by atoms with van der Waals surface area (Å²) in [6.07, 6.45) is 0. The van der Waals surface area contributed by atoms with Crippen LogP contribution in [0, 0.1) is 19.7 Å². The van der Waals surface area contributed by atoms with Crippen molar-refractivity contribution in [2.45, 2.75) is 20.8 Å². The molecule has 142 valence electrons. The third-order valence-corrected chi connectivity index (χ3v) is 3.70. The number of benzene rings is 2. The average Bonchev–Trinajstić information content (AvgIpc) is 2.59. The number of Topliss-reactive ketones (excluding diaryl/α,β-unsaturated/α-hetero) is 1. The van der Waals surface area contributed by atoms with Gasteiger partial charge in [0, 0.05) is 12.6 Å². The summed E-state index contributed by atoms with van der Waals surface area (Å²) in [6.45, 7) is 4.03. The lowest BCUT2D eigenvalue weighted by Gasteiger charge is -2.11. The molecule has 2 aromatic carbocycles. The Kier molecular flexibility index (Phi) is 6.65. The van der Waals surface area contributed by atoms with Gasteiger partial charge in [0.1, 0.15) is 11.6 Å². The van der Waals surface area contributed by atoms with Gasteiger partial charge in [-0.3, -0.25) is 9.59 Å². The topological polar surface area (TPSA) is 81.7 Å². The summed E-state index contributed by atoms with van der Waals surface area (Å²) in [6, 6.07) is 9.23. The lowest BCUT2D eigenvalue weighted by molar-refractivity contribution is -0.144. The minimum absolute atomic E-state index is 0.229. The molecule has 0 aliphatic heterocycles. The largest absolute Gasteiger partial charge is 0.481 e. The molecule has 0 radical (unpaired) electrons. The van der Waals surface area contributed by atoms with Crippen LogP contribution in [0.3, 0.4) is 0 Å². The predicted molar refractivity (Wildman–Crippen MR) is 97.4 cm³/mol. The first-order valence-electron chi connectivity index (χ1n) is 8.23. The van der Waals surface area contributed by atoms with Crippen LogP contribution in [0.4, 0.5) is 10.1 Å². The second kappa shape index (κ2) is 8.93. The molecule has 1 N–H and O–H groups in total. The highest BCUT2D eigenvalue weighted by molar-refractivity contribution is 5.99. The fraction of sp³-hybridized carbons (Fsp3) is 0.250. The summed E-state index contributed by atoms with van der Waals surface area (Å²) in [5, 5.41) is 2.41. The van der Waals surface area contributed by atoms with Crippen molar-refractivity contribution in [3.8, 4) is 5.75 Å². The Morgan fingerprint density at radius 3 is 2.30 bits per heavy atom. The van der Waals surface area contributed by atoms with E-state index < -0.39 is 24.2 Å². The van der Waals surface area contributed by atoms with E-state index >= 15 is 0 Å². The third kappa shape index (κ3) is 5.64. The van der Waals surface area contributed by atoms with Gasteiger partial charge >= 0.3 is 5.97 Å². The third-order valence-electron chi connectivity index (χ3n) is 3.70. The Bertz CT molecular complexity index is 858. The molecule has 7 heteroatoms. The van der Waals surface area contributed by atoms with E-state index in [1.54, 1.807) is 0 Å². The van der Waals surface area contributed by atoms with E-state index in [0.717, 1.165) is 17.2 Å². The number of ether oxygens (including phenoxy) is 2. The van der Waals surface area contributed by atoms with Crippen LogP contribution in [-0.4, -0.2) is 30.9 Å². The van der Waals surface area contributed by atoms with Gasteiger partial charge in [-0.25, -0.2) is 9.18 Å². The van der Waals surface area contributed by atoms with E-state index in [1.807, 2.05) is 32.0 Å². The number of hydrogen-bond donors (Lipinski definition) is 1. The summed E-state index contributed by atoms with van der Waals surface area (Å²) in [7, 11) is 0. The quantitative estimate of drug-likeness (QED) is 0.595. The Morgan fingerprint density at radius 2 is 1.70 bits per heavy atom. The van der Waals surface area contributed by atoms with Crippen LogP contribution in [0.25, 0.3) is 0 Å². The molecule has 2 rings (SSSR count). The summed E-state index contributed by atoms with van der Waals surface area (Å²) in [4.78, 5) is 34.8. The maximum atomic E-state index is 14.0. The summed E-state index contributed by atoms with van der Waals surface area (Å²) < 4.78 is 24.3. The van der Waals surface area contributed by atoms with E-state index in [4.69, 9.17) is 9.47 Å². The molecule has 6 nitrogen and oxygen atoms in total. The monoisotopic (exact) mass is 373 g/mol. The van der Waals surface area contributed by atoms with Crippen molar-refractivity contribution >= 4 is 23.3 Å². The zero-order valence-corrected chi connectivity index (χ0v) is 15.3. The smallest absolute Gasteiger partial charge is 0.344 e. The van der Waals surface area contributed by atoms with Crippen LogP contribution in [0.2, 0.25) is 0 Å². The van der Waals surface area contributed by atoms with E-state index in [9.17, 15) is 18.8 Å². The maximum absolute atomic E-state index is 14.0. The second-order valence-electron chi connectivity index (χ2n) is 5.97. The molecule has 0 spiro atoms. The number of anilines is 1. The molecule has 0 heterocycles. The molecule has 0 saturated carbocycles. The molecular formula is C20H20FNO5. The minimum Gasteiger partial charge on any atom is -0.481 e. The molecule has 27 heavy (non-hydrogen) atoms. The lowest BCUT2D eigenvalue weighted by atomic mass is 10.1. The second-order valence-corrected chi connectivity index (χ2v) is 5.97. The molecule has 0 aliphatic carbocycles. The molecule has 0 fully saturated rings. The number of aryl methyl sites for hydroxylation is 2. The molecule has 1 amide bonds. The molecule has 0 unspecified atom stereocenters. The number of amides is 1. The van der Waals surface area contributed by atoms with E-state index in [1.165, 1.54) is 19.1 Å². The highest BCUT2D eigenvalue weighted by atomic mass is 19.1. The Balaban J connectivity index is 1.89. The number of esters is 1. The fourth-order valence-corrected chi connectivity index (χ4v) is 2.45. The van der Waals surface area contributed by atoms with Gasteiger partial charge in [-0.2, -0.15) is 0 Å². The Hall–Kier alpha value is -3.22. The van der Waals surface area contributed by atoms with Crippen LogP contribution in [-0.2, 0) is 14.3 Å². The summed E-state index contributed by atoms with van der Waals surface area (Å²) >= 11 is 0. The Morgan fingerprint density at radius 1 is 1.04 bits per heavy atom. The number of hydrogen-bond acceptors (Lipinski definition) is 5. The number of halogens is 1. The molecular weight excluding hydrogens is 353 g/mol. The highest BCUT2D eigenvalue weighted by Crippen LogP contribution is 2.22. The number of nitrogens with one attached hydrogen (secondary N) is 1. The van der Waals surface area contributed by atoms with Crippen LogP contribution in [0.5, 0.6) is 5.75 Å². The van der Waals surface area contributed by atoms with E-state index in [-0.39, 0.29) is 23.8 Å². The zero-order valence-electron chi connectivity index (χ0n) is 15.3. The maximum Gasteiger partial charge on any atom is 0.344 e. The number of carbonyl (C=O) groups is 3. The van der Waals surface area contributed by atoms with Crippen molar-refractivity contribution in [3.05, 3.63) is 58.9 Å². The van der Waals surface area contributed by atoms with Crippen LogP contribution < -0.4 is 10.1 Å². The first-order chi connectivity index (χ1) is 12.8. The van der Waals surface area contributed by atoms with Crippen molar-refractivity contribution in [1.82, 2.24) is 0 Å². The van der Waals surface area contributed by atoms with Crippen molar-refractivity contribution in [2.75, 3.05) is 18.5 Å². The predicted octanol–water partition coefficient (Wildman–Crippen LogP) is 3.21. The van der Waals surface area contributed by atoms with Gasteiger partial charge in [0.25, 0.3) is 0 Å². The lowest BCUT2D eigenvalue weighted by Crippen LogP contribution is -2.20. The van der Waals surface area contributed by atoms with Crippen molar-refractivity contribution in [2.24, 2.45) is 0 Å². The molecule has 0 saturated heterocycles. The van der Waals surface area contributed by atoms with Gasteiger partial charge in [0.15, 0.2) is 13.2 Å². The highest BCUT2D eigenvalue weighted by Gasteiger charge is 2.16. The van der Waals surface area contributed by atoms with Gasteiger partial charge in [-0.1, -0.05) is 18.2 Å². The van der Waals surface area contributed by atoms with Gasteiger partial charge < -0.3 is 14.8 Å². The first kappa shape index (κ1) is 20.1. The van der Waals surface area contributed by atoms with E-state index in [2.05, 4.69) is 5.32 Å². The van der Waals surface area contributed by atoms with Crippen molar-refractivity contribution in [1.29, 1.82) is 0 Å². The number of ketones is 1. The van der Waals surface area contributed by atoms with E-state index in [0.29, 0.717) is 5.75 Å². The van der Waals surface area contributed by atoms with Crippen molar-refractivity contribution in [3.63, 3.8) is 0 Å². The van der Waals surface area contributed by atoms with Gasteiger partial charge in [-0.15, -0.1) is 0 Å². The molecule has 0 aromatic heterocycles. The normalized spacial score (nSPS) is 10.2. The molecule has 0 atom stereocenters. The minimum atomic E-state index is -0.811. The molecule has 0 bridgehead atoms. The SMILES string of the molecule is CC(=O)Nc1ccc(C(=O)COC(=O)COc2c(C)cccc2C)c(F)c1. The molecule has 0 aliphatic rings. The fourth-order valence-electron chi connectivity index (χ4n) is 2.45. The number of para-hydroxylation sites is 1. The first-order valence-corrected chi connectivity index (χ1v) is 8.23. The molecule has 2 aromatic rings. The Labute approximate surface area is 156 Å². The zero-order chi connectivity index (χ0) is 20.0. The van der Waals surface area contributed by atoms with Gasteiger partial charge in [0.2, 0.25) is 11.7 Å².